The number of carbonyl (C=O) groups is 1. The fraction of sp³-hybridized carbons (Fsp3) is 0.667. The molecule has 3 heterocycles. The van der Waals surface area contributed by atoms with Crippen molar-refractivity contribution in [2.24, 2.45) is 0 Å². The quantitative estimate of drug-likeness (QED) is 0.184. The number of carboxylic acids is 1. The number of imidazole rings is 1. The molecule has 0 amide bonds. The Morgan fingerprint density at radius 2 is 1.97 bits per heavy atom. The maximum Gasteiger partial charge on any atom is 0.313 e. The van der Waals surface area contributed by atoms with Crippen LogP contribution in [0.3, 0.4) is 0 Å². The van der Waals surface area contributed by atoms with Gasteiger partial charge >= 0.3 is 5.65 Å². The van der Waals surface area contributed by atoms with Crippen molar-refractivity contribution >= 4 is 30.8 Å². The number of hydrogen-bond donors (Lipinski definition) is 4. The molecule has 0 bridgehead atoms. The maximum atomic E-state index is 12.2. The van der Waals surface area contributed by atoms with E-state index < -0.39 is 57.0 Å². The van der Waals surface area contributed by atoms with E-state index in [9.17, 15) is 24.2 Å². The number of carboxylic acid groups (broad SMARTS) is 1. The number of hydrogen-bond acceptors (Lipinski definition) is 11. The topological polar surface area (TPSA) is 221 Å². The summed E-state index contributed by atoms with van der Waals surface area (Å²) in [6.45, 7) is 5.77. The average Bonchev–Trinajstić information content (AvgIpc) is 3.26. The minimum Gasteiger partial charge on any atom is -0.766 e. The SMILES string of the molecule is CC(C)OC1[C@@H](OC(C)C)[C@@H](COP(=O)([O-])NCC(=O)[O-])O[C@H]1[n+]1c[nH]c2c(=O)[nH]c(N)nc21. The van der Waals surface area contributed by atoms with Gasteiger partial charge in [0, 0.05) is 6.54 Å². The summed E-state index contributed by atoms with van der Waals surface area (Å²) in [6, 6.07) is 0. The Balaban J connectivity index is 1.94. The van der Waals surface area contributed by atoms with E-state index in [1.165, 1.54) is 10.9 Å². The van der Waals surface area contributed by atoms with E-state index in [0.717, 1.165) is 0 Å². The number of nitrogens with zero attached hydrogens (tertiary/aromatic N) is 2. The lowest BCUT2D eigenvalue weighted by molar-refractivity contribution is -0.745. The molecule has 0 aromatic carbocycles. The van der Waals surface area contributed by atoms with Gasteiger partial charge in [0.2, 0.25) is 19.5 Å². The summed E-state index contributed by atoms with van der Waals surface area (Å²) >= 11 is 0. The van der Waals surface area contributed by atoms with Gasteiger partial charge in [-0.2, -0.15) is 0 Å². The molecular formula is C18H28N6O9P-. The molecule has 0 radical (unpaired) electrons. The lowest BCUT2D eigenvalue weighted by Gasteiger charge is -2.29. The Labute approximate surface area is 194 Å². The standard InChI is InChI=1S/C18H29N6O9P/c1-8(2)31-13-10(6-30-34(28,29)21-5-11(25)26)33-17(14(13)32-9(3)4)24-7-20-12-15(24)22-18(19)23-16(12)27/h7-10,13-14,17H,5-6H2,1-4H3,(H6,19,21,22,23,25,26,27,28,29)/p-1/t10-,13+,14?,17-/m1/s1. The van der Waals surface area contributed by atoms with Crippen LogP contribution in [0, 0.1) is 0 Å². The van der Waals surface area contributed by atoms with Gasteiger partial charge in [0.25, 0.3) is 11.5 Å². The van der Waals surface area contributed by atoms with E-state index in [2.05, 4.69) is 15.0 Å². The number of carbonyl (C=O) groups excluding carboxylic acids is 1. The summed E-state index contributed by atoms with van der Waals surface area (Å²) in [7, 11) is -4.72. The molecule has 1 saturated heterocycles. The van der Waals surface area contributed by atoms with Crippen molar-refractivity contribution in [2.75, 3.05) is 18.9 Å². The molecule has 2 unspecified atom stereocenters. The van der Waals surface area contributed by atoms with Crippen LogP contribution in [0.5, 0.6) is 0 Å². The predicted octanol–water partition coefficient (Wildman–Crippen LogP) is -2.57. The normalized spacial score (nSPS) is 24.8. The van der Waals surface area contributed by atoms with Crippen LogP contribution >= 0.6 is 7.75 Å². The van der Waals surface area contributed by atoms with Crippen molar-refractivity contribution in [1.82, 2.24) is 20.0 Å². The van der Waals surface area contributed by atoms with Gasteiger partial charge in [-0.3, -0.25) is 24.4 Å². The molecule has 3 rings (SSSR count). The van der Waals surface area contributed by atoms with E-state index in [1.54, 1.807) is 18.9 Å². The summed E-state index contributed by atoms with van der Waals surface area (Å²) in [4.78, 5) is 44.2. The van der Waals surface area contributed by atoms with Crippen LogP contribution in [0.4, 0.5) is 5.95 Å². The molecule has 15 nitrogen and oxygen atoms in total. The molecule has 1 aliphatic heterocycles. The number of rotatable bonds is 11. The Kier molecular flexibility index (Phi) is 8.08. The summed E-state index contributed by atoms with van der Waals surface area (Å²) in [5, 5.41) is 12.3. The van der Waals surface area contributed by atoms with Gasteiger partial charge in [0.15, 0.2) is 6.33 Å². The summed E-state index contributed by atoms with van der Waals surface area (Å²) in [5.74, 6) is -1.72. The summed E-state index contributed by atoms with van der Waals surface area (Å²) in [6.07, 6.45) is -2.48. The molecule has 190 valence electrons. The predicted molar refractivity (Wildman–Crippen MR) is 112 cm³/mol. The van der Waals surface area contributed by atoms with Gasteiger partial charge < -0.3 is 39.3 Å². The molecule has 2 aromatic rings. The Hall–Kier alpha value is -2.39. The van der Waals surface area contributed by atoms with Crippen LogP contribution < -0.4 is 30.9 Å². The van der Waals surface area contributed by atoms with Crippen molar-refractivity contribution in [3.63, 3.8) is 0 Å². The van der Waals surface area contributed by atoms with E-state index in [1.807, 2.05) is 13.8 Å². The molecular weight excluding hydrogens is 475 g/mol. The van der Waals surface area contributed by atoms with Crippen LogP contribution in [0.2, 0.25) is 0 Å². The molecule has 0 aliphatic carbocycles. The Morgan fingerprint density at radius 1 is 1.32 bits per heavy atom. The van der Waals surface area contributed by atoms with Gasteiger partial charge in [-0.15, -0.1) is 0 Å². The first-order chi connectivity index (χ1) is 15.9. The van der Waals surface area contributed by atoms with E-state index in [4.69, 9.17) is 24.5 Å². The second-order valence-corrected chi connectivity index (χ2v) is 9.76. The fourth-order valence-corrected chi connectivity index (χ4v) is 4.32. The monoisotopic (exact) mass is 503 g/mol. The smallest absolute Gasteiger partial charge is 0.313 e. The van der Waals surface area contributed by atoms with Crippen LogP contribution in [0.15, 0.2) is 11.1 Å². The number of nitrogens with two attached hydrogens (primary N) is 1. The summed E-state index contributed by atoms with van der Waals surface area (Å²) in [5.41, 5.74) is 5.56. The zero-order valence-corrected chi connectivity index (χ0v) is 19.9. The Morgan fingerprint density at radius 3 is 2.59 bits per heavy atom. The molecule has 1 aliphatic rings. The third kappa shape index (κ3) is 6.18. The molecule has 0 saturated carbocycles. The van der Waals surface area contributed by atoms with Gasteiger partial charge in [-0.25, -0.2) is 4.57 Å². The van der Waals surface area contributed by atoms with Crippen LogP contribution in [-0.4, -0.2) is 64.6 Å². The maximum absolute atomic E-state index is 12.2. The largest absolute Gasteiger partial charge is 0.766 e. The highest BCUT2D eigenvalue weighted by atomic mass is 31.2. The first kappa shape index (κ1) is 26.2. The van der Waals surface area contributed by atoms with E-state index >= 15 is 0 Å². The fourth-order valence-electron chi connectivity index (χ4n) is 3.57. The number of aromatic nitrogens is 4. The van der Waals surface area contributed by atoms with Crippen molar-refractivity contribution < 1.29 is 42.7 Å². The van der Waals surface area contributed by atoms with E-state index in [0.29, 0.717) is 0 Å². The van der Waals surface area contributed by atoms with Crippen LogP contribution in [0.1, 0.15) is 33.9 Å². The van der Waals surface area contributed by atoms with Crippen molar-refractivity contribution in [3.05, 3.63) is 16.7 Å². The highest BCUT2D eigenvalue weighted by Crippen LogP contribution is 2.37. The zero-order chi connectivity index (χ0) is 25.2. The first-order valence-electron chi connectivity index (χ1n) is 10.5. The highest BCUT2D eigenvalue weighted by Gasteiger charge is 2.51. The van der Waals surface area contributed by atoms with Gasteiger partial charge in [0.05, 0.1) is 24.8 Å². The van der Waals surface area contributed by atoms with Gasteiger partial charge in [-0.1, -0.05) is 4.98 Å². The number of fused-ring (bicyclic) bond motifs is 1. The Bertz CT molecular complexity index is 1120. The number of nitrogen functional groups attached to an aromatic ring is 1. The summed E-state index contributed by atoms with van der Waals surface area (Å²) < 4.78 is 36.7. The molecule has 1 fully saturated rings. The molecule has 5 N–H and O–H groups in total. The second-order valence-electron chi connectivity index (χ2n) is 8.19. The van der Waals surface area contributed by atoms with E-state index in [-0.39, 0.29) is 29.3 Å². The number of aliphatic carboxylic acids is 1. The second kappa shape index (κ2) is 10.5. The highest BCUT2D eigenvalue weighted by molar-refractivity contribution is 7.49. The molecule has 2 aromatic heterocycles. The van der Waals surface area contributed by atoms with Crippen LogP contribution in [-0.2, 0) is 28.1 Å². The zero-order valence-electron chi connectivity index (χ0n) is 19.0. The van der Waals surface area contributed by atoms with Crippen molar-refractivity contribution in [3.8, 4) is 0 Å². The number of nitrogens with one attached hydrogen (secondary N) is 3. The average molecular weight is 503 g/mol. The molecule has 0 spiro atoms. The minimum atomic E-state index is -4.72. The number of anilines is 1. The third-order valence-corrected chi connectivity index (χ3v) is 5.79. The number of H-pyrrole nitrogens is 2. The number of aromatic amines is 2. The molecule has 34 heavy (non-hydrogen) atoms. The minimum absolute atomic E-state index is 0.105. The van der Waals surface area contributed by atoms with Crippen LogP contribution in [0.25, 0.3) is 11.2 Å². The number of ether oxygens (including phenoxy) is 3. The van der Waals surface area contributed by atoms with Crippen molar-refractivity contribution in [1.29, 1.82) is 0 Å². The lowest BCUT2D eigenvalue weighted by atomic mass is 10.1. The first-order valence-corrected chi connectivity index (χ1v) is 12.1. The van der Waals surface area contributed by atoms with Gasteiger partial charge in [0.1, 0.15) is 18.3 Å². The molecule has 16 heteroatoms. The lowest BCUT2D eigenvalue weighted by Crippen LogP contribution is -2.48. The molecule has 5 atom stereocenters. The van der Waals surface area contributed by atoms with Crippen molar-refractivity contribution in [2.45, 2.75) is 64.4 Å². The third-order valence-electron chi connectivity index (χ3n) is 4.76. The van der Waals surface area contributed by atoms with Gasteiger partial charge in [-0.05, 0) is 27.7 Å².